The summed E-state index contributed by atoms with van der Waals surface area (Å²) < 4.78 is 0. The maximum atomic E-state index is 6.26. The summed E-state index contributed by atoms with van der Waals surface area (Å²) in [5.41, 5.74) is 8.39. The molecule has 2 atom stereocenters. The van der Waals surface area contributed by atoms with Gasteiger partial charge < -0.3 is 5.73 Å². The van der Waals surface area contributed by atoms with Gasteiger partial charge in [-0.2, -0.15) is 0 Å². The van der Waals surface area contributed by atoms with Gasteiger partial charge in [-0.1, -0.05) is 23.7 Å². The van der Waals surface area contributed by atoms with Crippen LogP contribution in [0.3, 0.4) is 0 Å². The molecule has 2 nitrogen and oxygen atoms in total. The predicted octanol–water partition coefficient (Wildman–Crippen LogP) is 2.82. The number of nitrogens with zero attached hydrogens (tertiary/aromatic N) is 1. The summed E-state index contributed by atoms with van der Waals surface area (Å²) >= 11 is 6.26. The standard InChI is InChI=1S/C14H21ClN2/c1-10-3-4-13(14(15)7-10)9-17-6-5-12(8-17)11(2)16/h3-4,7,11-12H,5-6,8-9,16H2,1-2H3. The lowest BCUT2D eigenvalue weighted by molar-refractivity contribution is 0.308. The van der Waals surface area contributed by atoms with Crippen LogP contribution in [0, 0.1) is 12.8 Å². The number of hydrogen-bond donors (Lipinski definition) is 1. The zero-order valence-corrected chi connectivity index (χ0v) is 11.4. The molecule has 1 heterocycles. The molecule has 0 bridgehead atoms. The molecule has 2 rings (SSSR count). The first kappa shape index (κ1) is 12.9. The van der Waals surface area contributed by atoms with Crippen LogP contribution in [0.15, 0.2) is 18.2 Å². The molecule has 0 radical (unpaired) electrons. The lowest BCUT2D eigenvalue weighted by Crippen LogP contribution is -2.29. The van der Waals surface area contributed by atoms with Crippen molar-refractivity contribution in [1.82, 2.24) is 4.90 Å². The second kappa shape index (κ2) is 5.38. The quantitative estimate of drug-likeness (QED) is 0.897. The monoisotopic (exact) mass is 252 g/mol. The van der Waals surface area contributed by atoms with Crippen molar-refractivity contribution in [3.63, 3.8) is 0 Å². The van der Waals surface area contributed by atoms with Gasteiger partial charge in [-0.25, -0.2) is 0 Å². The Morgan fingerprint density at radius 2 is 2.29 bits per heavy atom. The Balaban J connectivity index is 1.98. The number of halogens is 1. The van der Waals surface area contributed by atoms with E-state index in [0.29, 0.717) is 12.0 Å². The van der Waals surface area contributed by atoms with Crippen LogP contribution >= 0.6 is 11.6 Å². The highest BCUT2D eigenvalue weighted by atomic mass is 35.5. The van der Waals surface area contributed by atoms with E-state index in [1.807, 2.05) is 6.07 Å². The lowest BCUT2D eigenvalue weighted by atomic mass is 10.0. The first-order valence-corrected chi connectivity index (χ1v) is 6.67. The van der Waals surface area contributed by atoms with Gasteiger partial charge in [0.15, 0.2) is 0 Å². The molecule has 94 valence electrons. The molecule has 1 aromatic carbocycles. The Bertz CT molecular complexity index is 390. The summed E-state index contributed by atoms with van der Waals surface area (Å²) in [6, 6.07) is 6.60. The number of aryl methyl sites for hydroxylation is 1. The van der Waals surface area contributed by atoms with Crippen LogP contribution in [0.4, 0.5) is 0 Å². The molecule has 0 aromatic heterocycles. The largest absolute Gasteiger partial charge is 0.328 e. The van der Waals surface area contributed by atoms with E-state index in [0.717, 1.165) is 24.7 Å². The number of rotatable bonds is 3. The van der Waals surface area contributed by atoms with Gasteiger partial charge in [0, 0.05) is 24.2 Å². The predicted molar refractivity (Wildman–Crippen MR) is 73.2 cm³/mol. The molecule has 0 spiro atoms. The zero-order chi connectivity index (χ0) is 12.4. The average Bonchev–Trinajstić information content (AvgIpc) is 2.71. The van der Waals surface area contributed by atoms with Crippen LogP contribution in [0.25, 0.3) is 0 Å². The Kier molecular flexibility index (Phi) is 4.08. The molecule has 2 N–H and O–H groups in total. The third-order valence-corrected chi connectivity index (χ3v) is 4.01. The van der Waals surface area contributed by atoms with E-state index in [1.165, 1.54) is 17.5 Å². The number of benzene rings is 1. The summed E-state index contributed by atoms with van der Waals surface area (Å²) in [4.78, 5) is 2.45. The maximum Gasteiger partial charge on any atom is 0.0453 e. The topological polar surface area (TPSA) is 29.3 Å². The first-order chi connectivity index (χ1) is 8.06. The minimum Gasteiger partial charge on any atom is -0.328 e. The van der Waals surface area contributed by atoms with Gasteiger partial charge in [0.1, 0.15) is 0 Å². The van der Waals surface area contributed by atoms with Crippen molar-refractivity contribution in [2.24, 2.45) is 11.7 Å². The van der Waals surface area contributed by atoms with Crippen molar-refractivity contribution in [2.45, 2.75) is 32.9 Å². The fourth-order valence-corrected chi connectivity index (χ4v) is 2.75. The van der Waals surface area contributed by atoms with Gasteiger partial charge in [-0.05, 0) is 49.9 Å². The lowest BCUT2D eigenvalue weighted by Gasteiger charge is -2.18. The summed E-state index contributed by atoms with van der Waals surface area (Å²) in [6.07, 6.45) is 1.21. The molecule has 0 amide bonds. The zero-order valence-electron chi connectivity index (χ0n) is 10.6. The third-order valence-electron chi connectivity index (χ3n) is 3.65. The van der Waals surface area contributed by atoms with E-state index < -0.39 is 0 Å². The van der Waals surface area contributed by atoms with Gasteiger partial charge >= 0.3 is 0 Å². The Hall–Kier alpha value is -0.570. The summed E-state index contributed by atoms with van der Waals surface area (Å²) in [5.74, 6) is 0.638. The van der Waals surface area contributed by atoms with Gasteiger partial charge in [0.2, 0.25) is 0 Å². The SMILES string of the molecule is Cc1ccc(CN2CCC(C(C)N)C2)c(Cl)c1. The maximum absolute atomic E-state index is 6.26. The first-order valence-electron chi connectivity index (χ1n) is 6.29. The molecule has 1 aromatic rings. The van der Waals surface area contributed by atoms with E-state index in [1.54, 1.807) is 0 Å². The summed E-state index contributed by atoms with van der Waals surface area (Å²) in [5, 5.41) is 0.884. The van der Waals surface area contributed by atoms with E-state index in [2.05, 4.69) is 30.9 Å². The smallest absolute Gasteiger partial charge is 0.0453 e. The Morgan fingerprint density at radius 3 is 2.88 bits per heavy atom. The minimum atomic E-state index is 0.300. The molecule has 0 aliphatic carbocycles. The normalized spacial score (nSPS) is 22.9. The molecule has 3 heteroatoms. The molecule has 17 heavy (non-hydrogen) atoms. The van der Waals surface area contributed by atoms with Crippen molar-refractivity contribution in [1.29, 1.82) is 0 Å². The molecule has 1 saturated heterocycles. The van der Waals surface area contributed by atoms with Crippen molar-refractivity contribution < 1.29 is 0 Å². The fraction of sp³-hybridized carbons (Fsp3) is 0.571. The number of nitrogens with two attached hydrogens (primary N) is 1. The average molecular weight is 253 g/mol. The molecule has 1 aliphatic rings. The van der Waals surface area contributed by atoms with E-state index >= 15 is 0 Å². The molecule has 1 aliphatic heterocycles. The van der Waals surface area contributed by atoms with E-state index in [-0.39, 0.29) is 0 Å². The van der Waals surface area contributed by atoms with Crippen molar-refractivity contribution in [2.75, 3.05) is 13.1 Å². The van der Waals surface area contributed by atoms with Crippen LogP contribution in [-0.4, -0.2) is 24.0 Å². The van der Waals surface area contributed by atoms with E-state index in [9.17, 15) is 0 Å². The summed E-state index contributed by atoms with van der Waals surface area (Å²) in [7, 11) is 0. The highest BCUT2D eigenvalue weighted by Gasteiger charge is 2.25. The molecule has 2 unspecified atom stereocenters. The molecule has 1 fully saturated rings. The van der Waals surface area contributed by atoms with Crippen molar-refractivity contribution in [3.05, 3.63) is 34.3 Å². The Labute approximate surface area is 109 Å². The molecular weight excluding hydrogens is 232 g/mol. The number of hydrogen-bond acceptors (Lipinski definition) is 2. The summed E-state index contributed by atoms with van der Waals surface area (Å²) in [6.45, 7) is 7.35. The van der Waals surface area contributed by atoms with Crippen LogP contribution in [-0.2, 0) is 6.54 Å². The minimum absolute atomic E-state index is 0.300. The van der Waals surface area contributed by atoms with Gasteiger partial charge in [-0.3, -0.25) is 4.90 Å². The van der Waals surface area contributed by atoms with Crippen molar-refractivity contribution in [3.8, 4) is 0 Å². The van der Waals surface area contributed by atoms with Gasteiger partial charge in [-0.15, -0.1) is 0 Å². The highest BCUT2D eigenvalue weighted by Crippen LogP contribution is 2.24. The Morgan fingerprint density at radius 1 is 1.53 bits per heavy atom. The molecule has 0 saturated carbocycles. The van der Waals surface area contributed by atoms with Crippen LogP contribution in [0.1, 0.15) is 24.5 Å². The van der Waals surface area contributed by atoms with Gasteiger partial charge in [0.05, 0.1) is 0 Å². The molecular formula is C14H21ClN2. The third kappa shape index (κ3) is 3.21. The van der Waals surface area contributed by atoms with Crippen LogP contribution in [0.2, 0.25) is 5.02 Å². The van der Waals surface area contributed by atoms with Crippen molar-refractivity contribution >= 4 is 11.6 Å². The fourth-order valence-electron chi connectivity index (χ4n) is 2.46. The van der Waals surface area contributed by atoms with Crippen LogP contribution < -0.4 is 5.73 Å². The highest BCUT2D eigenvalue weighted by molar-refractivity contribution is 6.31. The second-order valence-electron chi connectivity index (χ2n) is 5.24. The second-order valence-corrected chi connectivity index (χ2v) is 5.65. The van der Waals surface area contributed by atoms with Crippen LogP contribution in [0.5, 0.6) is 0 Å². The van der Waals surface area contributed by atoms with E-state index in [4.69, 9.17) is 17.3 Å². The van der Waals surface area contributed by atoms with Gasteiger partial charge in [0.25, 0.3) is 0 Å². The number of likely N-dealkylation sites (tertiary alicyclic amines) is 1.